The number of rotatable bonds is 3. The molecule has 0 saturated carbocycles. The van der Waals surface area contributed by atoms with E-state index in [0.717, 1.165) is 10.4 Å². The summed E-state index contributed by atoms with van der Waals surface area (Å²) in [7, 11) is 0. The maximum Gasteiger partial charge on any atom is 0.173 e. The maximum atomic E-state index is 10.1. The molecule has 0 unspecified atom stereocenters. The molecule has 4 rings (SSSR count). The van der Waals surface area contributed by atoms with Gasteiger partial charge in [0.2, 0.25) is 0 Å². The van der Waals surface area contributed by atoms with Gasteiger partial charge in [-0.25, -0.2) is 0 Å². The largest absolute Gasteiger partial charge is 0.475 e. The SMILES string of the molecule is O[C@@H]1[C@@H](O)[C@H](Oc2cncc(-c3cc4ccccc4s3)c2)SC[C@H]1O. The summed E-state index contributed by atoms with van der Waals surface area (Å²) in [5, 5.41) is 30.7. The molecule has 1 aromatic carbocycles. The van der Waals surface area contributed by atoms with E-state index in [2.05, 4.69) is 23.2 Å². The number of aromatic nitrogens is 1. The number of benzene rings is 1. The van der Waals surface area contributed by atoms with E-state index >= 15 is 0 Å². The van der Waals surface area contributed by atoms with Gasteiger partial charge in [0, 0.05) is 27.1 Å². The van der Waals surface area contributed by atoms with Crippen molar-refractivity contribution in [3.8, 4) is 16.2 Å². The fourth-order valence-corrected chi connectivity index (χ4v) is 4.92. The van der Waals surface area contributed by atoms with Gasteiger partial charge in [-0.3, -0.25) is 4.98 Å². The van der Waals surface area contributed by atoms with Crippen molar-refractivity contribution < 1.29 is 20.1 Å². The number of thiophene rings is 1. The van der Waals surface area contributed by atoms with Crippen LogP contribution in [0.15, 0.2) is 48.8 Å². The molecule has 1 aliphatic rings. The minimum atomic E-state index is -1.20. The summed E-state index contributed by atoms with van der Waals surface area (Å²) in [6.45, 7) is 0. The van der Waals surface area contributed by atoms with Gasteiger partial charge in [0.15, 0.2) is 5.44 Å². The zero-order chi connectivity index (χ0) is 17.4. The first-order chi connectivity index (χ1) is 12.1. The van der Waals surface area contributed by atoms with Crippen molar-refractivity contribution in [3.05, 3.63) is 48.8 Å². The molecule has 25 heavy (non-hydrogen) atoms. The van der Waals surface area contributed by atoms with E-state index < -0.39 is 23.7 Å². The fraction of sp³-hybridized carbons (Fsp3) is 0.278. The standard InChI is InChI=1S/C18H17NO4S2/c20-13-9-24-18(17(22)16(13)21)23-12-5-11(7-19-8-12)15-6-10-3-1-2-4-14(10)25-15/h1-8,13,16-18,20-22H,9H2/t13-,16+,17-,18-/m1/s1. The molecule has 0 spiro atoms. The molecular weight excluding hydrogens is 358 g/mol. The van der Waals surface area contributed by atoms with Gasteiger partial charge >= 0.3 is 0 Å². The minimum absolute atomic E-state index is 0.312. The molecule has 3 N–H and O–H groups in total. The van der Waals surface area contributed by atoms with Crippen LogP contribution in [0, 0.1) is 0 Å². The molecule has 0 bridgehead atoms. The summed E-state index contributed by atoms with van der Waals surface area (Å²) in [5.41, 5.74) is 0.299. The van der Waals surface area contributed by atoms with E-state index in [1.807, 2.05) is 18.2 Å². The number of ether oxygens (including phenoxy) is 1. The van der Waals surface area contributed by atoms with E-state index in [9.17, 15) is 15.3 Å². The number of aliphatic hydroxyl groups is 3. The summed E-state index contributed by atoms with van der Waals surface area (Å²) in [4.78, 5) is 5.32. The number of pyridine rings is 1. The first-order valence-electron chi connectivity index (χ1n) is 7.88. The zero-order valence-corrected chi connectivity index (χ0v) is 14.8. The quantitative estimate of drug-likeness (QED) is 0.652. The van der Waals surface area contributed by atoms with Crippen molar-refractivity contribution in [3.63, 3.8) is 0 Å². The molecule has 0 aliphatic carbocycles. The van der Waals surface area contributed by atoms with Crippen LogP contribution in [0.4, 0.5) is 0 Å². The van der Waals surface area contributed by atoms with Crippen molar-refractivity contribution in [2.75, 3.05) is 5.75 Å². The molecular formula is C18H17NO4S2. The summed E-state index contributed by atoms with van der Waals surface area (Å²) >= 11 is 2.96. The monoisotopic (exact) mass is 375 g/mol. The Balaban J connectivity index is 1.57. The van der Waals surface area contributed by atoms with Crippen LogP contribution in [-0.2, 0) is 0 Å². The first-order valence-corrected chi connectivity index (χ1v) is 9.75. The lowest BCUT2D eigenvalue weighted by molar-refractivity contribution is -0.0786. The van der Waals surface area contributed by atoms with Crippen molar-refractivity contribution >= 4 is 33.2 Å². The summed E-state index contributed by atoms with van der Waals surface area (Å²) in [6.07, 6.45) is 0.0665. The second-order valence-electron chi connectivity index (χ2n) is 5.93. The second kappa shape index (κ2) is 6.93. The van der Waals surface area contributed by atoms with Crippen LogP contribution in [0.5, 0.6) is 5.75 Å². The molecule has 3 aromatic rings. The fourth-order valence-electron chi connectivity index (χ4n) is 2.76. The smallest absolute Gasteiger partial charge is 0.173 e. The number of nitrogens with zero attached hydrogens (tertiary/aromatic N) is 1. The van der Waals surface area contributed by atoms with Gasteiger partial charge in [0.25, 0.3) is 0 Å². The van der Waals surface area contributed by atoms with Gasteiger partial charge in [-0.1, -0.05) is 18.2 Å². The van der Waals surface area contributed by atoms with Gasteiger partial charge in [0.05, 0.1) is 12.3 Å². The van der Waals surface area contributed by atoms with E-state index in [-0.39, 0.29) is 0 Å². The molecule has 0 radical (unpaired) electrons. The van der Waals surface area contributed by atoms with Crippen molar-refractivity contribution in [1.29, 1.82) is 0 Å². The van der Waals surface area contributed by atoms with Crippen LogP contribution in [0.2, 0.25) is 0 Å². The van der Waals surface area contributed by atoms with Gasteiger partial charge in [-0.05, 0) is 23.6 Å². The van der Waals surface area contributed by atoms with E-state index in [4.69, 9.17) is 4.74 Å². The van der Waals surface area contributed by atoms with Gasteiger partial charge < -0.3 is 20.1 Å². The van der Waals surface area contributed by atoms with Crippen LogP contribution in [-0.4, -0.2) is 49.8 Å². The number of fused-ring (bicyclic) bond motifs is 1. The Morgan fingerprint density at radius 2 is 1.88 bits per heavy atom. The molecule has 2 aromatic heterocycles. The highest BCUT2D eigenvalue weighted by atomic mass is 32.2. The van der Waals surface area contributed by atoms with Crippen LogP contribution < -0.4 is 4.74 Å². The highest BCUT2D eigenvalue weighted by Crippen LogP contribution is 2.35. The Bertz CT molecular complexity index is 851. The second-order valence-corrected chi connectivity index (χ2v) is 8.14. The third-order valence-electron chi connectivity index (χ3n) is 4.13. The third-order valence-corrected chi connectivity index (χ3v) is 6.53. The molecule has 1 saturated heterocycles. The predicted molar refractivity (Wildman–Crippen MR) is 100.0 cm³/mol. The predicted octanol–water partition coefficient (Wildman–Crippen LogP) is 2.50. The van der Waals surface area contributed by atoms with Gasteiger partial charge in [-0.2, -0.15) is 0 Å². The average Bonchev–Trinajstić information content (AvgIpc) is 3.07. The van der Waals surface area contributed by atoms with Crippen LogP contribution >= 0.6 is 23.1 Å². The number of hydrogen-bond donors (Lipinski definition) is 3. The highest BCUT2D eigenvalue weighted by molar-refractivity contribution is 7.99. The zero-order valence-electron chi connectivity index (χ0n) is 13.1. The van der Waals surface area contributed by atoms with Gasteiger partial charge in [-0.15, -0.1) is 23.1 Å². The van der Waals surface area contributed by atoms with Crippen LogP contribution in [0.25, 0.3) is 20.5 Å². The number of hydrogen-bond acceptors (Lipinski definition) is 7. The number of aliphatic hydroxyl groups excluding tert-OH is 3. The van der Waals surface area contributed by atoms with E-state index in [1.54, 1.807) is 23.7 Å². The average molecular weight is 375 g/mol. The summed E-state index contributed by atoms with van der Waals surface area (Å²) < 4.78 is 7.01. The van der Waals surface area contributed by atoms with E-state index in [1.165, 1.54) is 21.8 Å². The lowest BCUT2D eigenvalue weighted by Crippen LogP contribution is -2.50. The van der Waals surface area contributed by atoms with E-state index in [0.29, 0.717) is 11.5 Å². The molecule has 4 atom stereocenters. The Labute approximate surface area is 152 Å². The topological polar surface area (TPSA) is 82.8 Å². The Hall–Kier alpha value is -1.64. The molecule has 5 nitrogen and oxygen atoms in total. The molecule has 1 fully saturated rings. The Morgan fingerprint density at radius 3 is 2.72 bits per heavy atom. The van der Waals surface area contributed by atoms with Gasteiger partial charge in [0.1, 0.15) is 18.0 Å². The van der Waals surface area contributed by atoms with Crippen LogP contribution in [0.1, 0.15) is 0 Å². The first kappa shape index (κ1) is 16.8. The van der Waals surface area contributed by atoms with Crippen molar-refractivity contribution in [2.45, 2.75) is 23.7 Å². The molecule has 7 heteroatoms. The normalized spacial score (nSPS) is 26.7. The third kappa shape index (κ3) is 3.38. The number of thioether (sulfide) groups is 1. The Kier molecular flexibility index (Phi) is 4.66. The summed E-state index contributed by atoms with van der Waals surface area (Å²) in [6, 6.07) is 12.2. The summed E-state index contributed by atoms with van der Waals surface area (Å²) in [5.74, 6) is 0.835. The lowest BCUT2D eigenvalue weighted by atomic mass is 10.1. The molecule has 1 aliphatic heterocycles. The van der Waals surface area contributed by atoms with Crippen molar-refractivity contribution in [1.82, 2.24) is 4.98 Å². The lowest BCUT2D eigenvalue weighted by Gasteiger charge is -2.34. The maximum absolute atomic E-state index is 10.1. The van der Waals surface area contributed by atoms with Crippen LogP contribution in [0.3, 0.4) is 0 Å². The molecule has 0 amide bonds. The molecule has 3 heterocycles. The Morgan fingerprint density at radius 1 is 1.04 bits per heavy atom. The molecule has 130 valence electrons. The van der Waals surface area contributed by atoms with Crippen molar-refractivity contribution in [2.24, 2.45) is 0 Å². The minimum Gasteiger partial charge on any atom is -0.475 e. The highest BCUT2D eigenvalue weighted by Gasteiger charge is 2.38.